The Labute approximate surface area is 63.4 Å². The fraction of sp³-hybridized carbons (Fsp3) is 0.833. The van der Waals surface area contributed by atoms with Crippen molar-refractivity contribution >= 4 is 16.8 Å². The first kappa shape index (κ1) is 9.82. The van der Waals surface area contributed by atoms with Crippen LogP contribution in [-0.4, -0.2) is 11.7 Å². The number of carbonyl (C=O) groups excluding carboxylic acids is 1. The quantitative estimate of drug-likeness (QED) is 0.595. The summed E-state index contributed by atoms with van der Waals surface area (Å²) in [6, 6.07) is 0. The zero-order valence-electron chi connectivity index (χ0n) is 5.83. The topological polar surface area (TPSA) is 17.1 Å². The van der Waals surface area contributed by atoms with Crippen LogP contribution in [0.25, 0.3) is 0 Å². The lowest BCUT2D eigenvalue weighted by Gasteiger charge is -2.17. The van der Waals surface area contributed by atoms with Gasteiger partial charge in [0.2, 0.25) is 11.7 Å². The van der Waals surface area contributed by atoms with Crippen LogP contribution in [0.4, 0.5) is 8.78 Å². The van der Waals surface area contributed by atoms with Gasteiger partial charge in [0, 0.05) is 11.8 Å². The van der Waals surface area contributed by atoms with Crippen LogP contribution in [0.1, 0.15) is 20.3 Å². The molecule has 1 nitrogen and oxygen atoms in total. The van der Waals surface area contributed by atoms with Gasteiger partial charge in [0.25, 0.3) is 0 Å². The molecule has 0 spiro atoms. The van der Waals surface area contributed by atoms with Crippen molar-refractivity contribution in [2.24, 2.45) is 5.41 Å². The Hall–Kier alpha value is -0.180. The molecule has 60 valence electrons. The van der Waals surface area contributed by atoms with E-state index in [4.69, 9.17) is 11.6 Å². The lowest BCUT2D eigenvalue weighted by molar-refractivity contribution is -0.120. The van der Waals surface area contributed by atoms with Crippen molar-refractivity contribution in [2.75, 3.05) is 0 Å². The monoisotopic (exact) mass is 170 g/mol. The van der Waals surface area contributed by atoms with Crippen LogP contribution < -0.4 is 0 Å². The van der Waals surface area contributed by atoms with Crippen LogP contribution in [0.2, 0.25) is 0 Å². The first-order valence-electron chi connectivity index (χ1n) is 2.84. The summed E-state index contributed by atoms with van der Waals surface area (Å²) in [4.78, 5) is 10.4. The van der Waals surface area contributed by atoms with E-state index in [1.165, 1.54) is 13.8 Å². The summed E-state index contributed by atoms with van der Waals surface area (Å²) in [5.74, 6) is 0. The highest BCUT2D eigenvalue weighted by atomic mass is 35.5. The third-order valence-corrected chi connectivity index (χ3v) is 1.71. The molecule has 0 aliphatic carbocycles. The Morgan fingerprint density at radius 3 is 2.10 bits per heavy atom. The molecule has 0 heterocycles. The van der Waals surface area contributed by atoms with E-state index in [2.05, 4.69) is 0 Å². The van der Waals surface area contributed by atoms with E-state index < -0.39 is 23.5 Å². The van der Waals surface area contributed by atoms with Crippen molar-refractivity contribution in [3.05, 3.63) is 0 Å². The van der Waals surface area contributed by atoms with Crippen molar-refractivity contribution in [3.8, 4) is 0 Å². The number of alkyl halides is 2. The molecule has 0 aliphatic heterocycles. The van der Waals surface area contributed by atoms with Crippen LogP contribution >= 0.6 is 11.6 Å². The Balaban J connectivity index is 4.00. The first-order valence-corrected chi connectivity index (χ1v) is 3.22. The normalized spacial score (nSPS) is 12.2. The summed E-state index contributed by atoms with van der Waals surface area (Å²) in [6.45, 7) is 2.79. The molecule has 0 fully saturated rings. The average molecular weight is 171 g/mol. The maximum atomic E-state index is 11.7. The summed E-state index contributed by atoms with van der Waals surface area (Å²) in [6.07, 6.45) is -2.95. The number of rotatable bonds is 3. The van der Waals surface area contributed by atoms with E-state index in [9.17, 15) is 13.6 Å². The van der Waals surface area contributed by atoms with Gasteiger partial charge in [-0.05, 0) is 11.6 Å². The Morgan fingerprint density at radius 2 is 2.00 bits per heavy atom. The number of halogens is 3. The molecule has 4 heteroatoms. The van der Waals surface area contributed by atoms with E-state index in [-0.39, 0.29) is 0 Å². The third-order valence-electron chi connectivity index (χ3n) is 1.20. The van der Waals surface area contributed by atoms with Gasteiger partial charge in [-0.1, -0.05) is 13.8 Å². The molecule has 0 aromatic carbocycles. The van der Waals surface area contributed by atoms with E-state index >= 15 is 0 Å². The second-order valence-corrected chi connectivity index (χ2v) is 3.10. The highest BCUT2D eigenvalue weighted by Gasteiger charge is 2.29. The highest BCUT2D eigenvalue weighted by molar-refractivity contribution is 6.64. The maximum absolute atomic E-state index is 11.7. The second kappa shape index (κ2) is 3.28. The van der Waals surface area contributed by atoms with E-state index in [0.29, 0.717) is 0 Å². The van der Waals surface area contributed by atoms with Gasteiger partial charge in [-0.3, -0.25) is 4.79 Å². The predicted molar refractivity (Wildman–Crippen MR) is 35.3 cm³/mol. The molecular formula is C6H9ClF2O. The SMILES string of the molecule is CC(C)(CC(F)F)C(=O)Cl. The first-order chi connectivity index (χ1) is 4.36. The minimum Gasteiger partial charge on any atom is -0.281 e. The Morgan fingerprint density at radius 1 is 1.60 bits per heavy atom. The highest BCUT2D eigenvalue weighted by Crippen LogP contribution is 2.26. The van der Waals surface area contributed by atoms with Gasteiger partial charge < -0.3 is 0 Å². The molecule has 0 radical (unpaired) electrons. The molecule has 0 N–H and O–H groups in total. The molecule has 0 unspecified atom stereocenters. The van der Waals surface area contributed by atoms with Gasteiger partial charge in [0.15, 0.2) is 0 Å². The maximum Gasteiger partial charge on any atom is 0.239 e. The third kappa shape index (κ3) is 3.11. The van der Waals surface area contributed by atoms with Crippen LogP contribution in [0, 0.1) is 5.41 Å². The van der Waals surface area contributed by atoms with Gasteiger partial charge in [-0.2, -0.15) is 0 Å². The number of hydrogen-bond donors (Lipinski definition) is 0. The van der Waals surface area contributed by atoms with Crippen molar-refractivity contribution in [1.82, 2.24) is 0 Å². The zero-order chi connectivity index (χ0) is 8.36. The number of hydrogen-bond acceptors (Lipinski definition) is 1. The standard InChI is InChI=1S/C6H9ClF2O/c1-6(2,5(7)10)3-4(8)9/h4H,3H2,1-2H3. The molecule has 10 heavy (non-hydrogen) atoms. The largest absolute Gasteiger partial charge is 0.281 e. The molecule has 0 aromatic heterocycles. The van der Waals surface area contributed by atoms with E-state index in [0.717, 1.165) is 0 Å². The van der Waals surface area contributed by atoms with Crippen LogP contribution in [-0.2, 0) is 4.79 Å². The lowest BCUT2D eigenvalue weighted by Crippen LogP contribution is -2.22. The summed E-state index contributed by atoms with van der Waals surface area (Å²) < 4.78 is 23.4. The summed E-state index contributed by atoms with van der Waals surface area (Å²) in [7, 11) is 0. The van der Waals surface area contributed by atoms with E-state index in [1.807, 2.05) is 0 Å². The minimum atomic E-state index is -2.47. The van der Waals surface area contributed by atoms with Crippen LogP contribution in [0.15, 0.2) is 0 Å². The Kier molecular flexibility index (Phi) is 3.22. The van der Waals surface area contributed by atoms with Crippen LogP contribution in [0.3, 0.4) is 0 Å². The molecule has 0 aromatic rings. The summed E-state index contributed by atoms with van der Waals surface area (Å²) in [5.41, 5.74) is -1.10. The molecule has 0 saturated carbocycles. The van der Waals surface area contributed by atoms with Crippen molar-refractivity contribution in [2.45, 2.75) is 26.7 Å². The van der Waals surface area contributed by atoms with Gasteiger partial charge in [-0.25, -0.2) is 8.78 Å². The van der Waals surface area contributed by atoms with Gasteiger partial charge in [0.1, 0.15) is 0 Å². The molecule has 0 amide bonds. The van der Waals surface area contributed by atoms with Crippen molar-refractivity contribution < 1.29 is 13.6 Å². The fourth-order valence-electron chi connectivity index (χ4n) is 0.466. The van der Waals surface area contributed by atoms with Gasteiger partial charge >= 0.3 is 0 Å². The van der Waals surface area contributed by atoms with Gasteiger partial charge in [-0.15, -0.1) is 0 Å². The average Bonchev–Trinajstić information content (AvgIpc) is 1.60. The van der Waals surface area contributed by atoms with E-state index in [1.54, 1.807) is 0 Å². The van der Waals surface area contributed by atoms with Gasteiger partial charge in [0.05, 0.1) is 0 Å². The molecule has 0 saturated heterocycles. The second-order valence-electron chi connectivity index (χ2n) is 2.75. The smallest absolute Gasteiger partial charge is 0.239 e. The van der Waals surface area contributed by atoms with Crippen molar-refractivity contribution in [3.63, 3.8) is 0 Å². The molecule has 0 bridgehead atoms. The molecular weight excluding hydrogens is 162 g/mol. The molecule has 0 aliphatic rings. The predicted octanol–water partition coefficient (Wildman–Crippen LogP) is 2.43. The molecule has 0 atom stereocenters. The fourth-order valence-corrected chi connectivity index (χ4v) is 0.543. The van der Waals surface area contributed by atoms with Crippen LogP contribution in [0.5, 0.6) is 0 Å². The summed E-state index contributed by atoms with van der Waals surface area (Å²) in [5, 5.41) is -0.715. The Bertz CT molecular complexity index is 134. The molecule has 0 rings (SSSR count). The number of carbonyl (C=O) groups is 1. The summed E-state index contributed by atoms with van der Waals surface area (Å²) >= 11 is 5.04. The van der Waals surface area contributed by atoms with Crippen molar-refractivity contribution in [1.29, 1.82) is 0 Å². The lowest BCUT2D eigenvalue weighted by atomic mass is 9.91. The minimum absolute atomic E-state index is 0.477. The zero-order valence-corrected chi connectivity index (χ0v) is 6.58.